The van der Waals surface area contributed by atoms with Crippen molar-refractivity contribution in [1.29, 1.82) is 0 Å². The summed E-state index contributed by atoms with van der Waals surface area (Å²) in [5, 5.41) is 0. The standard InChI is InChI=1S/C24H32N4O4/c1-15(8-18-4-5-21-22(9-18)31-14-30-21)10-27-7-6-19-20(13-27)25-24(26-23(19)29)28-11-16(2)32-17(3)12-28/h4-5,9,15-17H,6-8,10-14H2,1-3H3,(H,25,26,29). The Bertz CT molecular complexity index is 1030. The maximum Gasteiger partial charge on any atom is 0.255 e. The molecule has 172 valence electrons. The first-order valence-corrected chi connectivity index (χ1v) is 11.6. The zero-order valence-electron chi connectivity index (χ0n) is 19.1. The Morgan fingerprint density at radius 3 is 2.78 bits per heavy atom. The van der Waals surface area contributed by atoms with Crippen LogP contribution in [0.5, 0.6) is 11.5 Å². The molecule has 1 aromatic carbocycles. The molecule has 1 saturated heterocycles. The van der Waals surface area contributed by atoms with Crippen LogP contribution in [0.25, 0.3) is 0 Å². The molecular formula is C24H32N4O4. The fourth-order valence-electron chi connectivity index (χ4n) is 5.11. The Morgan fingerprint density at radius 1 is 1.19 bits per heavy atom. The fraction of sp³-hybridized carbons (Fsp3) is 0.583. The van der Waals surface area contributed by atoms with E-state index in [1.807, 2.05) is 6.07 Å². The van der Waals surface area contributed by atoms with Gasteiger partial charge in [0.2, 0.25) is 12.7 Å². The lowest BCUT2D eigenvalue weighted by Crippen LogP contribution is -2.47. The number of nitrogens with one attached hydrogen (secondary N) is 1. The van der Waals surface area contributed by atoms with Gasteiger partial charge in [0.15, 0.2) is 11.5 Å². The van der Waals surface area contributed by atoms with E-state index in [0.29, 0.717) is 25.2 Å². The van der Waals surface area contributed by atoms with Gasteiger partial charge in [0, 0.05) is 38.3 Å². The second-order valence-electron chi connectivity index (χ2n) is 9.46. The van der Waals surface area contributed by atoms with E-state index in [1.54, 1.807) is 0 Å². The molecule has 0 saturated carbocycles. The summed E-state index contributed by atoms with van der Waals surface area (Å²) in [4.78, 5) is 25.2. The van der Waals surface area contributed by atoms with Crippen molar-refractivity contribution in [2.24, 2.45) is 5.92 Å². The molecule has 8 nitrogen and oxygen atoms in total. The van der Waals surface area contributed by atoms with Gasteiger partial charge in [-0.3, -0.25) is 14.7 Å². The minimum absolute atomic E-state index is 0.00450. The molecule has 8 heteroatoms. The minimum atomic E-state index is 0.00450. The molecule has 2 aromatic rings. The van der Waals surface area contributed by atoms with E-state index in [2.05, 4.69) is 47.7 Å². The van der Waals surface area contributed by atoms with Crippen LogP contribution in [-0.2, 0) is 24.1 Å². The summed E-state index contributed by atoms with van der Waals surface area (Å²) in [5.74, 6) is 2.81. The Kier molecular flexibility index (Phi) is 5.82. The van der Waals surface area contributed by atoms with Crippen molar-refractivity contribution in [1.82, 2.24) is 14.9 Å². The van der Waals surface area contributed by atoms with Crippen molar-refractivity contribution in [2.45, 2.75) is 52.4 Å². The number of fused-ring (bicyclic) bond motifs is 2. The molecule has 32 heavy (non-hydrogen) atoms. The van der Waals surface area contributed by atoms with Crippen LogP contribution in [0, 0.1) is 5.92 Å². The molecule has 0 bridgehead atoms. The Labute approximate surface area is 188 Å². The average molecular weight is 441 g/mol. The quantitative estimate of drug-likeness (QED) is 0.765. The zero-order valence-corrected chi connectivity index (χ0v) is 19.1. The van der Waals surface area contributed by atoms with Gasteiger partial charge in [0.25, 0.3) is 5.56 Å². The SMILES string of the molecule is CC(Cc1ccc2c(c1)OCO2)CN1CCc2c(nc(N3CC(C)OC(C)C3)[nH]c2=O)C1. The third-order valence-corrected chi connectivity index (χ3v) is 6.45. The van der Waals surface area contributed by atoms with Crippen molar-refractivity contribution < 1.29 is 14.2 Å². The highest BCUT2D eigenvalue weighted by Crippen LogP contribution is 2.33. The Hall–Kier alpha value is -2.58. The predicted octanol–water partition coefficient (Wildman–Crippen LogP) is 2.35. The van der Waals surface area contributed by atoms with Crippen LogP contribution in [-0.4, -0.2) is 60.0 Å². The minimum Gasteiger partial charge on any atom is -0.454 e. The van der Waals surface area contributed by atoms with E-state index in [1.165, 1.54) is 5.56 Å². The molecule has 3 aliphatic rings. The summed E-state index contributed by atoms with van der Waals surface area (Å²) < 4.78 is 16.8. The van der Waals surface area contributed by atoms with Crippen molar-refractivity contribution >= 4 is 5.95 Å². The summed E-state index contributed by atoms with van der Waals surface area (Å²) in [6.07, 6.45) is 1.95. The second-order valence-corrected chi connectivity index (χ2v) is 9.46. The molecule has 0 spiro atoms. The highest BCUT2D eigenvalue weighted by Gasteiger charge is 2.27. The summed E-state index contributed by atoms with van der Waals surface area (Å²) in [5.41, 5.74) is 3.01. The first-order chi connectivity index (χ1) is 15.4. The third-order valence-electron chi connectivity index (χ3n) is 6.45. The Balaban J connectivity index is 1.25. The number of anilines is 1. The average Bonchev–Trinajstić information content (AvgIpc) is 3.20. The number of ether oxygens (including phenoxy) is 3. The van der Waals surface area contributed by atoms with E-state index in [-0.39, 0.29) is 17.8 Å². The van der Waals surface area contributed by atoms with Gasteiger partial charge < -0.3 is 19.1 Å². The molecular weight excluding hydrogens is 408 g/mol. The number of benzene rings is 1. The molecule has 3 atom stereocenters. The van der Waals surface area contributed by atoms with Gasteiger partial charge in [-0.25, -0.2) is 4.98 Å². The number of H-pyrrole nitrogens is 1. The monoisotopic (exact) mass is 440 g/mol. The second kappa shape index (κ2) is 8.75. The van der Waals surface area contributed by atoms with Gasteiger partial charge in [0.1, 0.15) is 0 Å². The van der Waals surface area contributed by atoms with Gasteiger partial charge in [0.05, 0.1) is 17.9 Å². The van der Waals surface area contributed by atoms with Gasteiger partial charge in [-0.15, -0.1) is 0 Å². The van der Waals surface area contributed by atoms with Crippen molar-refractivity contribution in [3.8, 4) is 11.5 Å². The van der Waals surface area contributed by atoms with Gasteiger partial charge in [-0.05, 0) is 50.3 Å². The number of hydrogen-bond donors (Lipinski definition) is 1. The maximum absolute atomic E-state index is 12.8. The lowest BCUT2D eigenvalue weighted by molar-refractivity contribution is -0.00576. The molecule has 4 heterocycles. The van der Waals surface area contributed by atoms with E-state index in [4.69, 9.17) is 19.2 Å². The van der Waals surface area contributed by atoms with Gasteiger partial charge in [-0.2, -0.15) is 0 Å². The highest BCUT2D eigenvalue weighted by atomic mass is 16.7. The summed E-state index contributed by atoms with van der Waals surface area (Å²) in [7, 11) is 0. The molecule has 0 aliphatic carbocycles. The van der Waals surface area contributed by atoms with E-state index in [0.717, 1.165) is 61.8 Å². The molecule has 0 radical (unpaired) electrons. The largest absolute Gasteiger partial charge is 0.454 e. The number of nitrogens with zero attached hydrogens (tertiary/aromatic N) is 3. The maximum atomic E-state index is 12.8. The first kappa shape index (κ1) is 21.3. The van der Waals surface area contributed by atoms with Crippen LogP contribution in [0.4, 0.5) is 5.95 Å². The molecule has 3 unspecified atom stereocenters. The third kappa shape index (κ3) is 4.47. The van der Waals surface area contributed by atoms with E-state index in [9.17, 15) is 4.79 Å². The van der Waals surface area contributed by atoms with Gasteiger partial charge >= 0.3 is 0 Å². The lowest BCUT2D eigenvalue weighted by Gasteiger charge is -2.36. The van der Waals surface area contributed by atoms with E-state index >= 15 is 0 Å². The summed E-state index contributed by atoms with van der Waals surface area (Å²) in [6, 6.07) is 6.20. The van der Waals surface area contributed by atoms with Crippen LogP contribution in [0.2, 0.25) is 0 Å². The van der Waals surface area contributed by atoms with Crippen LogP contribution >= 0.6 is 0 Å². The van der Waals surface area contributed by atoms with Crippen molar-refractivity contribution in [3.63, 3.8) is 0 Å². The molecule has 1 N–H and O–H groups in total. The van der Waals surface area contributed by atoms with Crippen LogP contribution in [0.3, 0.4) is 0 Å². The molecule has 1 aromatic heterocycles. The van der Waals surface area contributed by atoms with E-state index < -0.39 is 0 Å². The van der Waals surface area contributed by atoms with Crippen LogP contribution < -0.4 is 19.9 Å². The lowest BCUT2D eigenvalue weighted by atomic mass is 9.98. The molecule has 1 fully saturated rings. The number of aromatic nitrogens is 2. The Morgan fingerprint density at radius 2 is 1.97 bits per heavy atom. The molecule has 3 aliphatic heterocycles. The summed E-state index contributed by atoms with van der Waals surface area (Å²) >= 11 is 0. The molecule has 5 rings (SSSR count). The predicted molar refractivity (Wildman–Crippen MR) is 121 cm³/mol. The molecule has 0 amide bonds. The zero-order chi connectivity index (χ0) is 22.2. The van der Waals surface area contributed by atoms with Crippen molar-refractivity contribution in [2.75, 3.05) is 37.9 Å². The number of morpholine rings is 1. The fourth-order valence-corrected chi connectivity index (χ4v) is 5.11. The number of hydrogen-bond acceptors (Lipinski definition) is 7. The smallest absolute Gasteiger partial charge is 0.255 e. The van der Waals surface area contributed by atoms with Crippen LogP contribution in [0.1, 0.15) is 37.6 Å². The number of rotatable bonds is 5. The first-order valence-electron chi connectivity index (χ1n) is 11.6. The highest BCUT2D eigenvalue weighted by molar-refractivity contribution is 5.44. The van der Waals surface area contributed by atoms with Crippen molar-refractivity contribution in [3.05, 3.63) is 45.4 Å². The summed E-state index contributed by atoms with van der Waals surface area (Å²) in [6.45, 7) is 10.7. The number of aromatic amines is 1. The normalized spacial score (nSPS) is 23.8. The van der Waals surface area contributed by atoms with Gasteiger partial charge in [-0.1, -0.05) is 13.0 Å². The van der Waals surface area contributed by atoms with Crippen LogP contribution in [0.15, 0.2) is 23.0 Å². The topological polar surface area (TPSA) is 79.9 Å².